The number of rotatable bonds is 4. The van der Waals surface area contributed by atoms with Crippen molar-refractivity contribution in [3.8, 4) is 11.6 Å². The van der Waals surface area contributed by atoms with Gasteiger partial charge in [-0.3, -0.25) is 4.90 Å². The van der Waals surface area contributed by atoms with E-state index in [4.69, 9.17) is 15.2 Å². The van der Waals surface area contributed by atoms with Crippen LogP contribution in [-0.4, -0.2) is 45.8 Å². The van der Waals surface area contributed by atoms with E-state index >= 15 is 0 Å². The Bertz CT molecular complexity index is 892. The second-order valence-electron chi connectivity index (χ2n) is 5.88. The van der Waals surface area contributed by atoms with Crippen molar-refractivity contribution in [3.63, 3.8) is 0 Å². The normalized spacial score (nSPS) is 15.6. The number of aromatic nitrogens is 3. The zero-order valence-electron chi connectivity index (χ0n) is 13.6. The van der Waals surface area contributed by atoms with Crippen LogP contribution in [0.15, 0.2) is 36.8 Å². The Hall–Kier alpha value is -2.71. The van der Waals surface area contributed by atoms with Gasteiger partial charge in [-0.25, -0.2) is 8.91 Å². The summed E-state index contributed by atoms with van der Waals surface area (Å²) in [6.07, 6.45) is 3.23. The monoisotopic (exact) mass is 343 g/mol. The molecule has 2 aromatic heterocycles. The molecule has 3 aromatic rings. The summed E-state index contributed by atoms with van der Waals surface area (Å²) in [6, 6.07) is 6.28. The van der Waals surface area contributed by atoms with E-state index in [0.29, 0.717) is 11.6 Å². The van der Waals surface area contributed by atoms with Gasteiger partial charge < -0.3 is 15.2 Å². The molecule has 1 aromatic carbocycles. The quantitative estimate of drug-likeness (QED) is 0.731. The van der Waals surface area contributed by atoms with Crippen LogP contribution >= 0.6 is 0 Å². The lowest BCUT2D eigenvalue weighted by Crippen LogP contribution is -2.35. The molecule has 7 nitrogen and oxygen atoms in total. The van der Waals surface area contributed by atoms with Gasteiger partial charge in [0.2, 0.25) is 5.88 Å². The van der Waals surface area contributed by atoms with Crippen molar-refractivity contribution in [1.29, 1.82) is 0 Å². The average Bonchev–Trinajstić information content (AvgIpc) is 3.02. The van der Waals surface area contributed by atoms with Crippen LogP contribution in [0, 0.1) is 5.82 Å². The van der Waals surface area contributed by atoms with Crippen LogP contribution in [0.1, 0.15) is 5.56 Å². The number of morpholine rings is 1. The minimum Gasteiger partial charge on any atom is -0.434 e. The number of hydrogen-bond acceptors (Lipinski definition) is 6. The first-order chi connectivity index (χ1) is 12.2. The Kier molecular flexibility index (Phi) is 4.21. The maximum absolute atomic E-state index is 14.1. The van der Waals surface area contributed by atoms with Gasteiger partial charge in [0, 0.05) is 37.6 Å². The molecule has 1 aliphatic heterocycles. The number of ether oxygens (including phenoxy) is 2. The van der Waals surface area contributed by atoms with Crippen LogP contribution in [0.25, 0.3) is 5.52 Å². The third kappa shape index (κ3) is 3.26. The summed E-state index contributed by atoms with van der Waals surface area (Å²) < 4.78 is 26.8. The van der Waals surface area contributed by atoms with Crippen LogP contribution in [0.3, 0.4) is 0 Å². The highest BCUT2D eigenvalue weighted by atomic mass is 19.1. The summed E-state index contributed by atoms with van der Waals surface area (Å²) in [4.78, 5) is 6.49. The molecule has 25 heavy (non-hydrogen) atoms. The molecule has 0 amide bonds. The van der Waals surface area contributed by atoms with E-state index in [1.807, 2.05) is 12.3 Å². The molecule has 0 unspecified atom stereocenters. The van der Waals surface area contributed by atoms with E-state index < -0.39 is 5.82 Å². The van der Waals surface area contributed by atoms with Crippen LogP contribution < -0.4 is 10.5 Å². The molecule has 130 valence electrons. The Labute approximate surface area is 143 Å². The predicted octanol–water partition coefficient (Wildman–Crippen LogP) is 2.08. The zero-order chi connectivity index (χ0) is 17.2. The van der Waals surface area contributed by atoms with Gasteiger partial charge in [0.05, 0.1) is 13.2 Å². The minimum absolute atomic E-state index is 0.0772. The fraction of sp³-hybridized carbons (Fsp3) is 0.294. The summed E-state index contributed by atoms with van der Waals surface area (Å²) >= 11 is 0. The van der Waals surface area contributed by atoms with Gasteiger partial charge in [0.15, 0.2) is 11.6 Å². The SMILES string of the molecule is Nc1ccc(Oc2ncnn3ccc(CN4CCOCC4)c23)c(F)c1. The van der Waals surface area contributed by atoms with E-state index in [-0.39, 0.29) is 5.75 Å². The van der Waals surface area contributed by atoms with Crippen molar-refractivity contribution in [2.75, 3.05) is 32.0 Å². The molecule has 8 heteroatoms. The molecule has 1 saturated heterocycles. The topological polar surface area (TPSA) is 77.9 Å². The Morgan fingerprint density at radius 2 is 2.08 bits per heavy atom. The molecule has 0 aliphatic carbocycles. The van der Waals surface area contributed by atoms with Gasteiger partial charge in [0.25, 0.3) is 0 Å². The molecule has 4 rings (SSSR count). The molecular weight excluding hydrogens is 325 g/mol. The van der Waals surface area contributed by atoms with Crippen LogP contribution in [0.4, 0.5) is 10.1 Å². The van der Waals surface area contributed by atoms with Crippen molar-refractivity contribution in [1.82, 2.24) is 19.5 Å². The summed E-state index contributed by atoms with van der Waals surface area (Å²) in [6.45, 7) is 3.92. The largest absolute Gasteiger partial charge is 0.434 e. The first-order valence-electron chi connectivity index (χ1n) is 8.05. The minimum atomic E-state index is -0.530. The molecule has 2 N–H and O–H groups in total. The molecule has 1 aliphatic rings. The third-order valence-electron chi connectivity index (χ3n) is 4.16. The van der Waals surface area contributed by atoms with Crippen molar-refractivity contribution in [3.05, 3.63) is 48.2 Å². The highest BCUT2D eigenvalue weighted by Crippen LogP contribution is 2.29. The summed E-state index contributed by atoms with van der Waals surface area (Å²) in [5.41, 5.74) is 7.67. The van der Waals surface area contributed by atoms with Gasteiger partial charge >= 0.3 is 0 Å². The lowest BCUT2D eigenvalue weighted by atomic mass is 10.2. The number of halogens is 1. The van der Waals surface area contributed by atoms with Crippen LogP contribution in [-0.2, 0) is 11.3 Å². The van der Waals surface area contributed by atoms with Gasteiger partial charge in [0.1, 0.15) is 11.8 Å². The fourth-order valence-electron chi connectivity index (χ4n) is 2.89. The molecular formula is C17H18FN5O2. The van der Waals surface area contributed by atoms with Crippen molar-refractivity contribution >= 4 is 11.2 Å². The number of hydrogen-bond donors (Lipinski definition) is 1. The number of anilines is 1. The number of nitrogens with two attached hydrogens (primary N) is 1. The molecule has 0 spiro atoms. The molecule has 3 heterocycles. The lowest BCUT2D eigenvalue weighted by molar-refractivity contribution is 0.0343. The highest BCUT2D eigenvalue weighted by molar-refractivity contribution is 5.63. The number of nitrogens with zero attached hydrogens (tertiary/aromatic N) is 4. The zero-order valence-corrected chi connectivity index (χ0v) is 13.6. The molecule has 1 fully saturated rings. The van der Waals surface area contributed by atoms with Gasteiger partial charge in [-0.1, -0.05) is 0 Å². The summed E-state index contributed by atoms with van der Waals surface area (Å²) in [7, 11) is 0. The Morgan fingerprint density at radius 3 is 2.88 bits per heavy atom. The number of fused-ring (bicyclic) bond motifs is 1. The second-order valence-corrected chi connectivity index (χ2v) is 5.88. The average molecular weight is 343 g/mol. The maximum atomic E-state index is 14.1. The Morgan fingerprint density at radius 1 is 1.24 bits per heavy atom. The number of nitrogen functional groups attached to an aromatic ring is 1. The molecule has 0 atom stereocenters. The van der Waals surface area contributed by atoms with Gasteiger partial charge in [-0.2, -0.15) is 10.1 Å². The second kappa shape index (κ2) is 6.66. The standard InChI is InChI=1S/C17H18FN5O2/c18-14-9-13(19)1-2-15(14)25-17-16-12(3-4-23(16)21-11-20-17)10-22-5-7-24-8-6-22/h1-4,9,11H,5-8,10,19H2. The van der Waals surface area contributed by atoms with Crippen molar-refractivity contribution < 1.29 is 13.9 Å². The van der Waals surface area contributed by atoms with Gasteiger partial charge in [-0.15, -0.1) is 0 Å². The predicted molar refractivity (Wildman–Crippen MR) is 90.0 cm³/mol. The van der Waals surface area contributed by atoms with E-state index in [0.717, 1.165) is 43.9 Å². The van der Waals surface area contributed by atoms with E-state index in [1.165, 1.54) is 18.5 Å². The lowest BCUT2D eigenvalue weighted by Gasteiger charge is -2.26. The van der Waals surface area contributed by atoms with E-state index in [2.05, 4.69) is 15.0 Å². The maximum Gasteiger partial charge on any atom is 0.247 e. The fourth-order valence-corrected chi connectivity index (χ4v) is 2.89. The van der Waals surface area contributed by atoms with Gasteiger partial charge in [-0.05, 0) is 23.8 Å². The van der Waals surface area contributed by atoms with Crippen LogP contribution in [0.5, 0.6) is 11.6 Å². The van der Waals surface area contributed by atoms with Crippen molar-refractivity contribution in [2.45, 2.75) is 6.54 Å². The first kappa shape index (κ1) is 15.8. The first-order valence-corrected chi connectivity index (χ1v) is 8.05. The summed E-state index contributed by atoms with van der Waals surface area (Å²) in [5, 5.41) is 4.20. The third-order valence-corrected chi connectivity index (χ3v) is 4.16. The molecule has 0 saturated carbocycles. The Balaban J connectivity index is 1.67. The smallest absolute Gasteiger partial charge is 0.247 e. The van der Waals surface area contributed by atoms with E-state index in [9.17, 15) is 4.39 Å². The molecule has 0 radical (unpaired) electrons. The highest BCUT2D eigenvalue weighted by Gasteiger charge is 2.17. The number of benzene rings is 1. The summed E-state index contributed by atoms with van der Waals surface area (Å²) in [5.74, 6) is -0.140. The molecule has 0 bridgehead atoms. The van der Waals surface area contributed by atoms with Crippen molar-refractivity contribution in [2.24, 2.45) is 0 Å². The van der Waals surface area contributed by atoms with Crippen LogP contribution in [0.2, 0.25) is 0 Å². The van der Waals surface area contributed by atoms with E-state index in [1.54, 1.807) is 10.6 Å².